The summed E-state index contributed by atoms with van der Waals surface area (Å²) in [5.74, 6) is -2.31. The summed E-state index contributed by atoms with van der Waals surface area (Å²) in [7, 11) is 0. The third kappa shape index (κ3) is 4.47. The maximum Gasteiger partial charge on any atom is 0.437 e. The lowest BCUT2D eigenvalue weighted by atomic mass is 9.77. The summed E-state index contributed by atoms with van der Waals surface area (Å²) in [4.78, 5) is 25.6. The number of rotatable bonds is 5. The number of Topliss-reactive ketones (excluding diaryl/α,β-unsaturated/α-hetero) is 1. The highest BCUT2D eigenvalue weighted by Gasteiger charge is 2.66. The van der Waals surface area contributed by atoms with E-state index in [0.29, 0.717) is 5.75 Å². The fraction of sp³-hybridized carbons (Fsp3) is 0.200. The predicted octanol–water partition coefficient (Wildman–Crippen LogP) is 4.89. The Morgan fingerprint density at radius 1 is 0.971 bits per heavy atom. The van der Waals surface area contributed by atoms with E-state index in [1.54, 1.807) is 55.5 Å². The summed E-state index contributed by atoms with van der Waals surface area (Å²) in [5, 5.41) is 14.6. The van der Waals surface area contributed by atoms with E-state index < -0.39 is 35.7 Å². The van der Waals surface area contributed by atoms with Gasteiger partial charge in [0.15, 0.2) is 5.78 Å². The van der Waals surface area contributed by atoms with Crippen LogP contribution in [0.25, 0.3) is 0 Å². The third-order valence-electron chi connectivity index (χ3n) is 5.62. The SMILES string of the molecule is Cc1ccc(C(=O)[C@@H]2[C@@H](c3cccc(Oc4ccccc4)c3)NC(=O)N[C@]2(O)C(F)(F)F)cc1. The van der Waals surface area contributed by atoms with Gasteiger partial charge in [0, 0.05) is 5.56 Å². The normalized spacial score (nSPS) is 22.4. The molecular formula is C25H21F3N2O4. The first-order valence-corrected chi connectivity index (χ1v) is 10.4. The highest BCUT2D eigenvalue weighted by Crippen LogP contribution is 2.44. The molecule has 3 N–H and O–H groups in total. The molecule has 1 heterocycles. The molecule has 34 heavy (non-hydrogen) atoms. The van der Waals surface area contributed by atoms with Crippen LogP contribution < -0.4 is 15.4 Å². The van der Waals surface area contributed by atoms with Gasteiger partial charge in [-0.1, -0.05) is 60.2 Å². The molecule has 1 saturated heterocycles. The number of alkyl halides is 3. The molecule has 0 bridgehead atoms. The maximum atomic E-state index is 14.1. The van der Waals surface area contributed by atoms with Gasteiger partial charge in [0.2, 0.25) is 5.72 Å². The van der Waals surface area contributed by atoms with Gasteiger partial charge >= 0.3 is 12.2 Å². The topological polar surface area (TPSA) is 87.7 Å². The fourth-order valence-corrected chi connectivity index (χ4v) is 3.91. The van der Waals surface area contributed by atoms with Crippen molar-refractivity contribution >= 4 is 11.8 Å². The summed E-state index contributed by atoms with van der Waals surface area (Å²) < 4.78 is 48.0. The largest absolute Gasteiger partial charge is 0.457 e. The molecule has 4 rings (SSSR count). The molecule has 176 valence electrons. The van der Waals surface area contributed by atoms with Crippen LogP contribution in [0.15, 0.2) is 78.9 Å². The number of amides is 2. The average molecular weight is 470 g/mol. The number of carbonyl (C=O) groups is 2. The number of aryl methyl sites for hydroxylation is 1. The van der Waals surface area contributed by atoms with E-state index in [-0.39, 0.29) is 16.9 Å². The zero-order valence-electron chi connectivity index (χ0n) is 18.0. The number of hydrogen-bond acceptors (Lipinski definition) is 4. The first kappa shape index (κ1) is 23.3. The molecule has 2 amide bonds. The summed E-state index contributed by atoms with van der Waals surface area (Å²) >= 11 is 0. The van der Waals surface area contributed by atoms with Crippen molar-refractivity contribution in [3.8, 4) is 11.5 Å². The number of carbonyl (C=O) groups excluding carboxylic acids is 2. The van der Waals surface area contributed by atoms with E-state index in [2.05, 4.69) is 5.32 Å². The van der Waals surface area contributed by atoms with Crippen molar-refractivity contribution in [2.24, 2.45) is 5.92 Å². The van der Waals surface area contributed by atoms with Gasteiger partial charge in [0.1, 0.15) is 17.4 Å². The van der Waals surface area contributed by atoms with Crippen molar-refractivity contribution in [1.82, 2.24) is 10.6 Å². The summed E-state index contributed by atoms with van der Waals surface area (Å²) in [6.07, 6.45) is -5.33. The van der Waals surface area contributed by atoms with Crippen molar-refractivity contribution in [3.63, 3.8) is 0 Å². The van der Waals surface area contributed by atoms with Crippen molar-refractivity contribution in [2.75, 3.05) is 0 Å². The van der Waals surface area contributed by atoms with E-state index >= 15 is 0 Å². The number of ketones is 1. The molecule has 1 aliphatic rings. The van der Waals surface area contributed by atoms with Crippen molar-refractivity contribution in [2.45, 2.75) is 24.9 Å². The van der Waals surface area contributed by atoms with Crippen LogP contribution in [-0.4, -0.2) is 28.8 Å². The first-order chi connectivity index (χ1) is 16.1. The predicted molar refractivity (Wildman–Crippen MR) is 117 cm³/mol. The van der Waals surface area contributed by atoms with Gasteiger partial charge in [-0.25, -0.2) is 4.79 Å². The van der Waals surface area contributed by atoms with Crippen molar-refractivity contribution < 1.29 is 32.6 Å². The molecular weight excluding hydrogens is 449 g/mol. The molecule has 1 fully saturated rings. The van der Waals surface area contributed by atoms with E-state index in [4.69, 9.17) is 4.74 Å². The number of aliphatic hydroxyl groups is 1. The van der Waals surface area contributed by atoms with Gasteiger partial charge in [-0.15, -0.1) is 0 Å². The molecule has 3 aromatic rings. The lowest BCUT2D eigenvalue weighted by Gasteiger charge is -2.45. The van der Waals surface area contributed by atoms with Crippen LogP contribution in [0.3, 0.4) is 0 Å². The number of urea groups is 1. The van der Waals surface area contributed by atoms with Gasteiger partial charge < -0.3 is 20.5 Å². The molecule has 0 radical (unpaired) electrons. The lowest BCUT2D eigenvalue weighted by molar-refractivity contribution is -0.287. The Kier molecular flexibility index (Phi) is 6.05. The number of ether oxygens (including phenoxy) is 1. The molecule has 1 aliphatic heterocycles. The Morgan fingerprint density at radius 2 is 1.62 bits per heavy atom. The minimum atomic E-state index is -5.33. The third-order valence-corrected chi connectivity index (χ3v) is 5.62. The maximum absolute atomic E-state index is 14.1. The van der Waals surface area contributed by atoms with Gasteiger partial charge in [-0.05, 0) is 36.8 Å². The van der Waals surface area contributed by atoms with Crippen LogP contribution in [0.1, 0.15) is 27.5 Å². The number of hydrogen-bond donors (Lipinski definition) is 3. The van der Waals surface area contributed by atoms with Crippen molar-refractivity contribution in [1.29, 1.82) is 0 Å². The summed E-state index contributed by atoms with van der Waals surface area (Å²) in [6, 6.07) is 17.9. The smallest absolute Gasteiger partial charge is 0.437 e. The number of para-hydroxylation sites is 1. The molecule has 0 aliphatic carbocycles. The molecule has 3 atom stereocenters. The Balaban J connectivity index is 1.78. The zero-order chi connectivity index (χ0) is 24.5. The van der Waals surface area contributed by atoms with E-state index in [9.17, 15) is 27.9 Å². The first-order valence-electron chi connectivity index (χ1n) is 10.4. The summed E-state index contributed by atoms with van der Waals surface area (Å²) in [6.45, 7) is 1.77. The van der Waals surface area contributed by atoms with Crippen LogP contribution >= 0.6 is 0 Å². The minimum Gasteiger partial charge on any atom is -0.457 e. The summed E-state index contributed by atoms with van der Waals surface area (Å²) in [5.41, 5.74) is -2.85. The molecule has 0 aromatic heterocycles. The van der Waals surface area contributed by atoms with Gasteiger partial charge in [0.25, 0.3) is 0 Å². The van der Waals surface area contributed by atoms with Crippen LogP contribution in [0, 0.1) is 12.8 Å². The van der Waals surface area contributed by atoms with Crippen LogP contribution in [0.5, 0.6) is 11.5 Å². The quantitative estimate of drug-likeness (QED) is 0.464. The second kappa shape index (κ2) is 8.83. The van der Waals surface area contributed by atoms with Gasteiger partial charge in [-0.3, -0.25) is 4.79 Å². The minimum absolute atomic E-state index is 0.0297. The highest BCUT2D eigenvalue weighted by molar-refractivity contribution is 6.00. The standard InChI is InChI=1S/C25H21F3N2O4/c1-15-10-12-16(13-11-15)22(31)20-21(29-23(32)30-24(20,33)25(26,27)28)17-6-5-9-19(14-17)34-18-7-3-2-4-8-18/h2-14,20-21,33H,1H3,(H2,29,30,32)/t20-,21+,24+/m0/s1. The Labute approximate surface area is 193 Å². The highest BCUT2D eigenvalue weighted by atomic mass is 19.4. The van der Waals surface area contributed by atoms with Crippen molar-refractivity contribution in [3.05, 3.63) is 95.6 Å². The van der Waals surface area contributed by atoms with Crippen LogP contribution in [-0.2, 0) is 0 Å². The molecule has 6 nitrogen and oxygen atoms in total. The van der Waals surface area contributed by atoms with E-state index in [1.165, 1.54) is 35.6 Å². The second-order valence-electron chi connectivity index (χ2n) is 8.04. The van der Waals surface area contributed by atoms with Crippen LogP contribution in [0.4, 0.5) is 18.0 Å². The number of halogens is 3. The van der Waals surface area contributed by atoms with Crippen LogP contribution in [0.2, 0.25) is 0 Å². The molecule has 0 unspecified atom stereocenters. The van der Waals surface area contributed by atoms with Gasteiger partial charge in [-0.2, -0.15) is 13.2 Å². The zero-order valence-corrected chi connectivity index (χ0v) is 18.0. The molecule has 0 spiro atoms. The Hall–Kier alpha value is -3.85. The second-order valence-corrected chi connectivity index (χ2v) is 8.04. The Bertz CT molecular complexity index is 1200. The van der Waals surface area contributed by atoms with E-state index in [0.717, 1.165) is 5.56 Å². The molecule has 3 aromatic carbocycles. The molecule has 9 heteroatoms. The number of benzene rings is 3. The number of nitrogens with one attached hydrogen (secondary N) is 2. The fourth-order valence-electron chi connectivity index (χ4n) is 3.91. The molecule has 0 saturated carbocycles. The Morgan fingerprint density at radius 3 is 2.26 bits per heavy atom. The monoisotopic (exact) mass is 470 g/mol. The average Bonchev–Trinajstić information content (AvgIpc) is 2.79. The van der Waals surface area contributed by atoms with Gasteiger partial charge in [0.05, 0.1) is 6.04 Å². The van der Waals surface area contributed by atoms with E-state index in [1.807, 2.05) is 0 Å². The lowest BCUT2D eigenvalue weighted by Crippen LogP contribution is -2.72.